The Morgan fingerprint density at radius 1 is 1.26 bits per heavy atom. The molecule has 0 bridgehead atoms. The van der Waals surface area contributed by atoms with Gasteiger partial charge in [-0.3, -0.25) is 4.79 Å². The lowest BCUT2D eigenvalue weighted by atomic mass is 9.88. The number of piperazine rings is 1. The molecular weight excluding hydrogens is 310 g/mol. The molecule has 0 atom stereocenters. The molecule has 1 N–H and O–H groups in total. The van der Waals surface area contributed by atoms with Crippen LogP contribution >= 0.6 is 11.3 Å². The van der Waals surface area contributed by atoms with E-state index < -0.39 is 5.60 Å². The summed E-state index contributed by atoms with van der Waals surface area (Å²) in [7, 11) is 0. The third-order valence-electron chi connectivity index (χ3n) is 4.42. The molecule has 1 aromatic rings. The minimum absolute atomic E-state index is 0.0874. The first-order valence-corrected chi connectivity index (χ1v) is 9.52. The van der Waals surface area contributed by atoms with Crippen molar-refractivity contribution in [3.05, 3.63) is 11.1 Å². The summed E-state index contributed by atoms with van der Waals surface area (Å²) in [5.74, 6) is 0.0874. The predicted molar refractivity (Wildman–Crippen MR) is 95.0 cm³/mol. The van der Waals surface area contributed by atoms with Gasteiger partial charge in [0.1, 0.15) is 0 Å². The second kappa shape index (κ2) is 8.11. The summed E-state index contributed by atoms with van der Waals surface area (Å²) in [5, 5.41) is 13.8. The fourth-order valence-corrected chi connectivity index (χ4v) is 4.12. The lowest BCUT2D eigenvalue weighted by molar-refractivity contribution is -0.137. The average molecular weight is 340 g/mol. The quantitative estimate of drug-likeness (QED) is 0.830. The largest absolute Gasteiger partial charge is 0.389 e. The van der Waals surface area contributed by atoms with Gasteiger partial charge in [0, 0.05) is 31.6 Å². The van der Waals surface area contributed by atoms with Gasteiger partial charge < -0.3 is 14.9 Å². The van der Waals surface area contributed by atoms with Crippen LogP contribution in [0.3, 0.4) is 0 Å². The summed E-state index contributed by atoms with van der Waals surface area (Å²) < 4.78 is 0. The smallest absolute Gasteiger partial charge is 0.225 e. The highest BCUT2D eigenvalue weighted by atomic mass is 32.1. The fourth-order valence-electron chi connectivity index (χ4n) is 3.26. The molecule has 1 amide bonds. The number of aromatic nitrogens is 1. The van der Waals surface area contributed by atoms with Crippen molar-refractivity contribution in [2.75, 3.05) is 31.1 Å². The molecule has 2 heterocycles. The maximum atomic E-state index is 12.5. The molecule has 1 aromatic heterocycles. The van der Waals surface area contributed by atoms with Crippen molar-refractivity contribution in [1.29, 1.82) is 0 Å². The van der Waals surface area contributed by atoms with E-state index in [9.17, 15) is 9.90 Å². The van der Waals surface area contributed by atoms with Crippen LogP contribution in [0.5, 0.6) is 0 Å². The zero-order valence-corrected chi connectivity index (χ0v) is 15.4. The number of anilines is 1. The van der Waals surface area contributed by atoms with Crippen LogP contribution in [0.25, 0.3) is 0 Å². The number of carbonyl (C=O) groups is 1. The molecule has 0 unspecified atom stereocenters. The molecule has 1 aliphatic heterocycles. The zero-order valence-electron chi connectivity index (χ0n) is 14.5. The molecule has 1 saturated heterocycles. The molecule has 1 fully saturated rings. The Balaban J connectivity index is 1.87. The lowest BCUT2D eigenvalue weighted by Gasteiger charge is -2.36. The van der Waals surface area contributed by atoms with E-state index in [4.69, 9.17) is 0 Å². The van der Waals surface area contributed by atoms with E-state index in [1.807, 2.05) is 11.8 Å². The third-order valence-corrected chi connectivity index (χ3v) is 5.44. The van der Waals surface area contributed by atoms with Crippen molar-refractivity contribution < 1.29 is 9.90 Å². The van der Waals surface area contributed by atoms with Gasteiger partial charge in [0.2, 0.25) is 5.91 Å². The average Bonchev–Trinajstić information content (AvgIpc) is 2.94. The topological polar surface area (TPSA) is 56.7 Å². The number of nitrogens with zero attached hydrogens (tertiary/aromatic N) is 3. The number of aliphatic hydroxyl groups is 1. The SMILES string of the molecule is CCCC(O)(CCC)CC(=O)N1CCN(c2nc(C)cs2)CC1. The van der Waals surface area contributed by atoms with E-state index in [1.165, 1.54) is 0 Å². The van der Waals surface area contributed by atoms with Gasteiger partial charge in [-0.15, -0.1) is 11.3 Å². The first-order valence-electron chi connectivity index (χ1n) is 8.64. The molecule has 0 radical (unpaired) electrons. The van der Waals surface area contributed by atoms with Gasteiger partial charge >= 0.3 is 0 Å². The van der Waals surface area contributed by atoms with E-state index >= 15 is 0 Å². The summed E-state index contributed by atoms with van der Waals surface area (Å²) in [6, 6.07) is 0. The van der Waals surface area contributed by atoms with E-state index in [0.29, 0.717) is 25.9 Å². The highest BCUT2D eigenvalue weighted by Crippen LogP contribution is 2.26. The Labute approximate surface area is 143 Å². The van der Waals surface area contributed by atoms with Crippen molar-refractivity contribution in [2.45, 2.75) is 58.5 Å². The Morgan fingerprint density at radius 2 is 1.87 bits per heavy atom. The summed E-state index contributed by atoms with van der Waals surface area (Å²) in [6.07, 6.45) is 3.46. The summed E-state index contributed by atoms with van der Waals surface area (Å²) >= 11 is 1.66. The number of aryl methyl sites for hydroxylation is 1. The van der Waals surface area contributed by atoms with Crippen LogP contribution in [0.2, 0.25) is 0 Å². The number of hydrogen-bond donors (Lipinski definition) is 1. The molecule has 0 aromatic carbocycles. The lowest BCUT2D eigenvalue weighted by Crippen LogP contribution is -2.50. The van der Waals surface area contributed by atoms with Crippen LogP contribution in [0.4, 0.5) is 5.13 Å². The zero-order chi connectivity index (χ0) is 16.9. The van der Waals surface area contributed by atoms with Gasteiger partial charge in [-0.1, -0.05) is 26.7 Å². The van der Waals surface area contributed by atoms with Gasteiger partial charge in [0.25, 0.3) is 0 Å². The number of amides is 1. The van der Waals surface area contributed by atoms with Crippen LogP contribution in [-0.2, 0) is 4.79 Å². The molecule has 0 spiro atoms. The molecule has 0 saturated carbocycles. The fraction of sp³-hybridized carbons (Fsp3) is 0.765. The second-order valence-electron chi connectivity index (χ2n) is 6.54. The summed E-state index contributed by atoms with van der Waals surface area (Å²) in [4.78, 5) is 21.2. The van der Waals surface area contributed by atoms with Crippen molar-refractivity contribution in [3.8, 4) is 0 Å². The molecular formula is C17H29N3O2S. The highest BCUT2D eigenvalue weighted by molar-refractivity contribution is 7.13. The Kier molecular flexibility index (Phi) is 6.41. The standard InChI is InChI=1S/C17H29N3O2S/c1-4-6-17(22,7-5-2)12-15(21)19-8-10-20(11-9-19)16-18-14(3)13-23-16/h13,22H,4-12H2,1-3H3. The molecule has 2 rings (SSSR count). The van der Waals surface area contributed by atoms with Gasteiger partial charge in [-0.2, -0.15) is 0 Å². The predicted octanol–water partition coefficient (Wildman–Crippen LogP) is 2.82. The van der Waals surface area contributed by atoms with E-state index in [2.05, 4.69) is 29.1 Å². The maximum Gasteiger partial charge on any atom is 0.225 e. The van der Waals surface area contributed by atoms with Crippen LogP contribution in [0.15, 0.2) is 5.38 Å². The van der Waals surface area contributed by atoms with Gasteiger partial charge in [0.15, 0.2) is 5.13 Å². The molecule has 5 nitrogen and oxygen atoms in total. The Bertz CT molecular complexity index is 504. The Morgan fingerprint density at radius 3 is 2.35 bits per heavy atom. The van der Waals surface area contributed by atoms with Crippen molar-refractivity contribution in [1.82, 2.24) is 9.88 Å². The van der Waals surface area contributed by atoms with E-state index in [-0.39, 0.29) is 12.3 Å². The van der Waals surface area contributed by atoms with E-state index in [0.717, 1.165) is 36.8 Å². The van der Waals surface area contributed by atoms with Crippen molar-refractivity contribution >= 4 is 22.4 Å². The monoisotopic (exact) mass is 339 g/mol. The first-order chi connectivity index (χ1) is 11.0. The maximum absolute atomic E-state index is 12.5. The Hall–Kier alpha value is -1.14. The number of hydrogen-bond acceptors (Lipinski definition) is 5. The van der Waals surface area contributed by atoms with Crippen LogP contribution in [0, 0.1) is 6.92 Å². The van der Waals surface area contributed by atoms with Gasteiger partial charge in [0.05, 0.1) is 17.7 Å². The second-order valence-corrected chi connectivity index (χ2v) is 7.38. The highest BCUT2D eigenvalue weighted by Gasteiger charge is 2.31. The minimum Gasteiger partial charge on any atom is -0.389 e. The molecule has 130 valence electrons. The molecule has 0 aliphatic carbocycles. The number of carbonyl (C=O) groups excluding carboxylic acids is 1. The van der Waals surface area contributed by atoms with Gasteiger partial charge in [-0.05, 0) is 19.8 Å². The van der Waals surface area contributed by atoms with Crippen LogP contribution < -0.4 is 4.90 Å². The third kappa shape index (κ3) is 4.91. The molecule has 1 aliphatic rings. The summed E-state index contributed by atoms with van der Waals surface area (Å²) in [5.41, 5.74) is 0.220. The van der Waals surface area contributed by atoms with Crippen molar-refractivity contribution in [3.63, 3.8) is 0 Å². The normalized spacial score (nSPS) is 16.0. The van der Waals surface area contributed by atoms with Crippen LogP contribution in [-0.4, -0.2) is 52.7 Å². The van der Waals surface area contributed by atoms with Crippen molar-refractivity contribution in [2.24, 2.45) is 0 Å². The first kappa shape index (κ1) is 18.2. The number of thiazole rings is 1. The molecule has 23 heavy (non-hydrogen) atoms. The molecule has 6 heteroatoms. The minimum atomic E-state index is -0.829. The van der Waals surface area contributed by atoms with E-state index in [1.54, 1.807) is 11.3 Å². The number of rotatable bonds is 7. The summed E-state index contributed by atoms with van der Waals surface area (Å²) in [6.45, 7) is 9.18. The van der Waals surface area contributed by atoms with Gasteiger partial charge in [-0.25, -0.2) is 4.98 Å². The van der Waals surface area contributed by atoms with Crippen LogP contribution in [0.1, 0.15) is 51.6 Å².